The predicted molar refractivity (Wildman–Crippen MR) is 98.9 cm³/mol. The molecule has 0 unspecified atom stereocenters. The number of ether oxygens (including phenoxy) is 1. The minimum Gasteiger partial charge on any atom is -0.506 e. The summed E-state index contributed by atoms with van der Waals surface area (Å²) in [6.07, 6.45) is 0. The van der Waals surface area contributed by atoms with Crippen molar-refractivity contribution in [2.24, 2.45) is 0 Å². The Hall–Kier alpha value is -3.31. The van der Waals surface area contributed by atoms with Gasteiger partial charge in [0.1, 0.15) is 5.75 Å². The lowest BCUT2D eigenvalue weighted by molar-refractivity contribution is 0.0734. The van der Waals surface area contributed by atoms with Gasteiger partial charge >= 0.3 is 5.97 Å². The Morgan fingerprint density at radius 2 is 1.46 bits per heavy atom. The molecule has 0 radical (unpaired) electrons. The van der Waals surface area contributed by atoms with Gasteiger partial charge in [0.15, 0.2) is 5.75 Å². The number of hydrogen-bond donors (Lipinski definition) is 2. The molecule has 1 amide bonds. The zero-order valence-electron chi connectivity index (χ0n) is 13.5. The largest absolute Gasteiger partial charge is 0.506 e. The van der Waals surface area contributed by atoms with Crippen LogP contribution in [0.3, 0.4) is 0 Å². The summed E-state index contributed by atoms with van der Waals surface area (Å²) in [6.45, 7) is 0. The number of carbonyl (C=O) groups is 2. The zero-order chi connectivity index (χ0) is 18.5. The number of benzene rings is 3. The average Bonchev–Trinajstić information content (AvgIpc) is 2.67. The third-order valence-electron chi connectivity index (χ3n) is 3.55. The molecule has 130 valence electrons. The fourth-order valence-corrected chi connectivity index (χ4v) is 2.44. The monoisotopic (exact) mass is 367 g/mol. The molecule has 26 heavy (non-hydrogen) atoms. The summed E-state index contributed by atoms with van der Waals surface area (Å²) in [5, 5.41) is 12.8. The molecular formula is C20H14ClNO4. The first-order chi connectivity index (χ1) is 12.5. The number of halogens is 1. The van der Waals surface area contributed by atoms with Crippen molar-refractivity contribution in [3.8, 4) is 11.5 Å². The van der Waals surface area contributed by atoms with Crippen LogP contribution in [0.5, 0.6) is 11.5 Å². The van der Waals surface area contributed by atoms with Crippen LogP contribution < -0.4 is 10.1 Å². The maximum absolute atomic E-state index is 12.2. The van der Waals surface area contributed by atoms with E-state index in [1.807, 2.05) is 0 Å². The van der Waals surface area contributed by atoms with Crippen LogP contribution >= 0.6 is 11.6 Å². The van der Waals surface area contributed by atoms with E-state index >= 15 is 0 Å². The standard InChI is InChI=1S/C20H14ClNO4/c21-15-11-16(22-19(24)13-7-3-1-4-8-13)17(23)12-18(15)26-20(25)14-9-5-2-6-10-14/h1-12,23H,(H,22,24). The van der Waals surface area contributed by atoms with Gasteiger partial charge in [-0.05, 0) is 30.3 Å². The van der Waals surface area contributed by atoms with Gasteiger partial charge in [-0.25, -0.2) is 4.79 Å². The molecule has 0 saturated heterocycles. The maximum Gasteiger partial charge on any atom is 0.343 e. The number of amides is 1. The van der Waals surface area contributed by atoms with Crippen LogP contribution in [0.4, 0.5) is 5.69 Å². The first kappa shape index (κ1) is 17.5. The first-order valence-electron chi connectivity index (χ1n) is 7.71. The van der Waals surface area contributed by atoms with Gasteiger partial charge in [-0.3, -0.25) is 4.79 Å². The molecule has 0 aromatic heterocycles. The molecule has 5 nitrogen and oxygen atoms in total. The van der Waals surface area contributed by atoms with Gasteiger partial charge in [0.25, 0.3) is 5.91 Å². The molecule has 0 aliphatic heterocycles. The van der Waals surface area contributed by atoms with Crippen LogP contribution in [0.15, 0.2) is 72.8 Å². The summed E-state index contributed by atoms with van der Waals surface area (Å²) < 4.78 is 5.21. The highest BCUT2D eigenvalue weighted by Crippen LogP contribution is 2.36. The average molecular weight is 368 g/mol. The SMILES string of the molecule is O=C(Nc1cc(Cl)c(OC(=O)c2ccccc2)cc1O)c1ccccc1. The number of aromatic hydroxyl groups is 1. The molecule has 6 heteroatoms. The van der Waals surface area contributed by atoms with Gasteiger partial charge in [-0.1, -0.05) is 48.0 Å². The summed E-state index contributed by atoms with van der Waals surface area (Å²) in [5.74, 6) is -1.27. The molecule has 0 spiro atoms. The first-order valence-corrected chi connectivity index (χ1v) is 8.08. The highest BCUT2D eigenvalue weighted by molar-refractivity contribution is 6.32. The smallest absolute Gasteiger partial charge is 0.343 e. The topological polar surface area (TPSA) is 75.6 Å². The highest BCUT2D eigenvalue weighted by atomic mass is 35.5. The molecule has 0 atom stereocenters. The lowest BCUT2D eigenvalue weighted by atomic mass is 10.2. The molecule has 0 fully saturated rings. The van der Waals surface area contributed by atoms with Gasteiger partial charge in [0, 0.05) is 11.6 Å². The van der Waals surface area contributed by atoms with Gasteiger partial charge in [-0.2, -0.15) is 0 Å². The van der Waals surface area contributed by atoms with E-state index in [1.54, 1.807) is 60.7 Å². The van der Waals surface area contributed by atoms with Crippen LogP contribution in [-0.4, -0.2) is 17.0 Å². The lowest BCUT2D eigenvalue weighted by Crippen LogP contribution is -2.12. The second-order valence-corrected chi connectivity index (χ2v) is 5.78. The molecule has 3 rings (SSSR count). The molecule has 0 aliphatic carbocycles. The van der Waals surface area contributed by atoms with E-state index in [-0.39, 0.29) is 22.2 Å². The number of phenols is 1. The number of hydrogen-bond acceptors (Lipinski definition) is 4. The summed E-state index contributed by atoms with van der Waals surface area (Å²) in [6, 6.07) is 19.4. The quantitative estimate of drug-likeness (QED) is 0.404. The Balaban J connectivity index is 1.78. The number of esters is 1. The molecule has 2 N–H and O–H groups in total. The van der Waals surface area contributed by atoms with E-state index in [0.717, 1.165) is 0 Å². The highest BCUT2D eigenvalue weighted by Gasteiger charge is 2.16. The Morgan fingerprint density at radius 1 is 0.885 bits per heavy atom. The number of phenolic OH excluding ortho intramolecular Hbond substituents is 1. The molecular weight excluding hydrogens is 354 g/mol. The van der Waals surface area contributed by atoms with Gasteiger partial charge in [0.05, 0.1) is 16.3 Å². The van der Waals surface area contributed by atoms with Crippen LogP contribution in [0.25, 0.3) is 0 Å². The second kappa shape index (κ2) is 7.72. The van der Waals surface area contributed by atoms with E-state index in [0.29, 0.717) is 11.1 Å². The second-order valence-electron chi connectivity index (χ2n) is 5.38. The van der Waals surface area contributed by atoms with Crippen LogP contribution in [0, 0.1) is 0 Å². The summed E-state index contributed by atoms with van der Waals surface area (Å²) in [4.78, 5) is 24.3. The van der Waals surface area contributed by atoms with E-state index in [1.165, 1.54) is 12.1 Å². The normalized spacial score (nSPS) is 10.2. The van der Waals surface area contributed by atoms with Crippen molar-refractivity contribution in [3.63, 3.8) is 0 Å². The molecule has 3 aromatic rings. The lowest BCUT2D eigenvalue weighted by Gasteiger charge is -2.11. The van der Waals surface area contributed by atoms with Crippen LogP contribution in [0.2, 0.25) is 5.02 Å². The van der Waals surface area contributed by atoms with E-state index in [2.05, 4.69) is 5.32 Å². The Kier molecular flexibility index (Phi) is 5.20. The van der Waals surface area contributed by atoms with E-state index < -0.39 is 11.9 Å². The molecule has 0 heterocycles. The van der Waals surface area contributed by atoms with Crippen molar-refractivity contribution in [3.05, 3.63) is 88.9 Å². The molecule has 0 saturated carbocycles. The molecule has 0 bridgehead atoms. The maximum atomic E-state index is 12.2. The van der Waals surface area contributed by atoms with Crippen molar-refractivity contribution < 1.29 is 19.4 Å². The fraction of sp³-hybridized carbons (Fsp3) is 0. The predicted octanol–water partition coefficient (Wildman–Crippen LogP) is 4.52. The third-order valence-corrected chi connectivity index (χ3v) is 3.84. The number of nitrogens with one attached hydrogen (secondary N) is 1. The van der Waals surface area contributed by atoms with Crippen molar-refractivity contribution in [2.75, 3.05) is 5.32 Å². The minimum absolute atomic E-state index is 0.00395. The number of anilines is 1. The molecule has 3 aromatic carbocycles. The van der Waals surface area contributed by atoms with Crippen molar-refractivity contribution in [2.45, 2.75) is 0 Å². The van der Waals surface area contributed by atoms with Gasteiger partial charge in [0.2, 0.25) is 0 Å². The third kappa shape index (κ3) is 4.02. The van der Waals surface area contributed by atoms with Crippen LogP contribution in [0.1, 0.15) is 20.7 Å². The zero-order valence-corrected chi connectivity index (χ0v) is 14.2. The van der Waals surface area contributed by atoms with Crippen LogP contribution in [-0.2, 0) is 0 Å². The Bertz CT molecular complexity index is 864. The summed E-state index contributed by atoms with van der Waals surface area (Å²) in [7, 11) is 0. The number of rotatable bonds is 4. The van der Waals surface area contributed by atoms with Gasteiger partial charge in [-0.15, -0.1) is 0 Å². The van der Waals surface area contributed by atoms with Gasteiger partial charge < -0.3 is 15.2 Å². The van der Waals surface area contributed by atoms with E-state index in [4.69, 9.17) is 16.3 Å². The Labute approximate surface area is 154 Å². The summed E-state index contributed by atoms with van der Waals surface area (Å²) in [5.41, 5.74) is 0.899. The van der Waals surface area contributed by atoms with Crippen molar-refractivity contribution in [1.82, 2.24) is 0 Å². The minimum atomic E-state index is -0.604. The van der Waals surface area contributed by atoms with Crippen molar-refractivity contribution >= 4 is 29.2 Å². The summed E-state index contributed by atoms with van der Waals surface area (Å²) >= 11 is 6.12. The van der Waals surface area contributed by atoms with Crippen molar-refractivity contribution in [1.29, 1.82) is 0 Å². The fourth-order valence-electron chi connectivity index (χ4n) is 2.24. The molecule has 0 aliphatic rings. The Morgan fingerprint density at radius 3 is 2.08 bits per heavy atom. The number of carbonyl (C=O) groups excluding carboxylic acids is 2. The van der Waals surface area contributed by atoms with E-state index in [9.17, 15) is 14.7 Å².